The van der Waals surface area contributed by atoms with E-state index < -0.39 is 35.9 Å². The molecule has 0 bridgehead atoms. The minimum Gasteiger partial charge on any atom is -0.403 e. The Bertz CT molecular complexity index is 737. The molecule has 2 fully saturated rings. The molecule has 1 aromatic carbocycles. The highest BCUT2D eigenvalue weighted by Crippen LogP contribution is 2.33. The summed E-state index contributed by atoms with van der Waals surface area (Å²) in [6, 6.07) is 1.59. The second kappa shape index (κ2) is 7.34. The zero-order chi connectivity index (χ0) is 19.8. The second-order valence-electron chi connectivity index (χ2n) is 6.77. The summed E-state index contributed by atoms with van der Waals surface area (Å²) in [6.07, 6.45) is -3.29. The van der Waals surface area contributed by atoms with Crippen molar-refractivity contribution in [1.29, 1.82) is 0 Å². The van der Waals surface area contributed by atoms with E-state index in [9.17, 15) is 27.2 Å². The summed E-state index contributed by atoms with van der Waals surface area (Å²) in [6.45, 7) is 1.57. The Morgan fingerprint density at radius 1 is 1.33 bits per heavy atom. The Morgan fingerprint density at radius 3 is 2.63 bits per heavy atom. The standard InChI is InChI=1S/C17H19F4N3O3/c1-8(10-4-5-13(11(18)6-10)27-17(19,20)21)22-16(26)12-7-14(25)24-15(23-12)9-2-3-9/h4-6,8-9,12,15,23H,2-3,7H2,1H3,(H,22,26)(H,24,25)/t8-,12?,15?/m1/s1. The van der Waals surface area contributed by atoms with Crippen molar-refractivity contribution < 1.29 is 31.9 Å². The predicted octanol–water partition coefficient (Wildman–Crippen LogP) is 2.12. The summed E-state index contributed by atoms with van der Waals surface area (Å²) in [5.74, 6) is -2.47. The maximum absolute atomic E-state index is 13.8. The van der Waals surface area contributed by atoms with Gasteiger partial charge in [0.15, 0.2) is 11.6 Å². The number of rotatable bonds is 5. The van der Waals surface area contributed by atoms with Crippen molar-refractivity contribution in [2.75, 3.05) is 0 Å². The molecular formula is C17H19F4N3O3. The largest absolute Gasteiger partial charge is 0.573 e. The van der Waals surface area contributed by atoms with Gasteiger partial charge in [-0.3, -0.25) is 14.9 Å². The molecule has 1 aromatic rings. The van der Waals surface area contributed by atoms with Crippen molar-refractivity contribution in [2.45, 2.75) is 50.8 Å². The van der Waals surface area contributed by atoms with Crippen LogP contribution in [0.25, 0.3) is 0 Å². The van der Waals surface area contributed by atoms with Gasteiger partial charge in [-0.05, 0) is 43.4 Å². The number of amides is 2. The number of halogens is 4. The molecule has 1 saturated carbocycles. The quantitative estimate of drug-likeness (QED) is 0.674. The molecule has 1 saturated heterocycles. The zero-order valence-electron chi connectivity index (χ0n) is 14.4. The molecule has 2 unspecified atom stereocenters. The second-order valence-corrected chi connectivity index (χ2v) is 6.77. The summed E-state index contributed by atoms with van der Waals surface area (Å²) in [7, 11) is 0. The number of nitrogens with one attached hydrogen (secondary N) is 3. The Kier molecular flexibility index (Phi) is 5.27. The van der Waals surface area contributed by atoms with Crippen LogP contribution in [0.3, 0.4) is 0 Å². The van der Waals surface area contributed by atoms with Crippen LogP contribution in [0.2, 0.25) is 0 Å². The minimum atomic E-state index is -4.99. The molecule has 0 spiro atoms. The highest BCUT2D eigenvalue weighted by atomic mass is 19.4. The van der Waals surface area contributed by atoms with Gasteiger partial charge >= 0.3 is 6.36 Å². The van der Waals surface area contributed by atoms with E-state index in [1.807, 2.05) is 0 Å². The molecule has 2 aliphatic rings. The molecule has 6 nitrogen and oxygen atoms in total. The highest BCUT2D eigenvalue weighted by molar-refractivity contribution is 5.89. The van der Waals surface area contributed by atoms with Gasteiger partial charge in [-0.2, -0.15) is 0 Å². The topological polar surface area (TPSA) is 79.5 Å². The van der Waals surface area contributed by atoms with Crippen LogP contribution < -0.4 is 20.7 Å². The molecule has 10 heteroatoms. The lowest BCUT2D eigenvalue weighted by Crippen LogP contribution is -2.61. The van der Waals surface area contributed by atoms with Gasteiger partial charge in [0.2, 0.25) is 11.8 Å². The third-order valence-corrected chi connectivity index (χ3v) is 4.54. The predicted molar refractivity (Wildman–Crippen MR) is 85.8 cm³/mol. The van der Waals surface area contributed by atoms with E-state index in [0.717, 1.165) is 25.0 Å². The van der Waals surface area contributed by atoms with Gasteiger partial charge < -0.3 is 15.4 Å². The molecule has 3 N–H and O–H groups in total. The van der Waals surface area contributed by atoms with E-state index in [0.29, 0.717) is 5.92 Å². The molecule has 1 aliphatic heterocycles. The monoisotopic (exact) mass is 389 g/mol. The zero-order valence-corrected chi connectivity index (χ0v) is 14.4. The Labute approximate surface area is 152 Å². The fourth-order valence-corrected chi connectivity index (χ4v) is 2.98. The first-order valence-electron chi connectivity index (χ1n) is 8.53. The third kappa shape index (κ3) is 5.09. The van der Waals surface area contributed by atoms with Crippen molar-refractivity contribution in [3.8, 4) is 5.75 Å². The molecule has 1 aliphatic carbocycles. The number of ether oxygens (including phenoxy) is 1. The Balaban J connectivity index is 1.62. The number of alkyl halides is 3. The first kappa shape index (κ1) is 19.4. The lowest BCUT2D eigenvalue weighted by Gasteiger charge is -2.31. The molecule has 0 radical (unpaired) electrons. The van der Waals surface area contributed by atoms with Crippen LogP contribution in [0.4, 0.5) is 17.6 Å². The summed E-state index contributed by atoms with van der Waals surface area (Å²) in [5.41, 5.74) is 0.273. The number of carbonyl (C=O) groups excluding carboxylic acids is 2. The van der Waals surface area contributed by atoms with E-state index in [1.54, 1.807) is 6.92 Å². The van der Waals surface area contributed by atoms with Crippen LogP contribution in [0.1, 0.15) is 37.8 Å². The van der Waals surface area contributed by atoms with Crippen molar-refractivity contribution >= 4 is 11.8 Å². The van der Waals surface area contributed by atoms with E-state index in [4.69, 9.17) is 0 Å². The van der Waals surface area contributed by atoms with Crippen LogP contribution in [-0.2, 0) is 9.59 Å². The van der Waals surface area contributed by atoms with Crippen molar-refractivity contribution in [3.63, 3.8) is 0 Å². The third-order valence-electron chi connectivity index (χ3n) is 4.54. The lowest BCUT2D eigenvalue weighted by molar-refractivity contribution is -0.275. The van der Waals surface area contributed by atoms with Crippen molar-refractivity contribution in [3.05, 3.63) is 29.6 Å². The average Bonchev–Trinajstić information content (AvgIpc) is 3.39. The van der Waals surface area contributed by atoms with Crippen LogP contribution in [0, 0.1) is 11.7 Å². The Morgan fingerprint density at radius 2 is 2.04 bits per heavy atom. The van der Waals surface area contributed by atoms with Gasteiger partial charge in [0.25, 0.3) is 0 Å². The number of hydrogen-bond acceptors (Lipinski definition) is 4. The summed E-state index contributed by atoms with van der Waals surface area (Å²) >= 11 is 0. The molecule has 27 heavy (non-hydrogen) atoms. The fourth-order valence-electron chi connectivity index (χ4n) is 2.98. The maximum atomic E-state index is 13.8. The van der Waals surface area contributed by atoms with Gasteiger partial charge in [-0.1, -0.05) is 6.07 Å². The van der Waals surface area contributed by atoms with Crippen molar-refractivity contribution in [2.24, 2.45) is 5.92 Å². The van der Waals surface area contributed by atoms with Gasteiger partial charge in [0.05, 0.1) is 24.7 Å². The minimum absolute atomic E-state index is 0.0194. The fraction of sp³-hybridized carbons (Fsp3) is 0.529. The molecule has 3 rings (SSSR count). The summed E-state index contributed by atoms with van der Waals surface area (Å²) in [4.78, 5) is 24.2. The summed E-state index contributed by atoms with van der Waals surface area (Å²) in [5, 5.41) is 8.53. The van der Waals surface area contributed by atoms with Gasteiger partial charge in [-0.25, -0.2) is 4.39 Å². The maximum Gasteiger partial charge on any atom is 0.573 e. The molecule has 3 atom stereocenters. The van der Waals surface area contributed by atoms with Crippen LogP contribution in [0.15, 0.2) is 18.2 Å². The number of benzene rings is 1. The van der Waals surface area contributed by atoms with Gasteiger partial charge in [0, 0.05) is 0 Å². The van der Waals surface area contributed by atoms with E-state index in [2.05, 4.69) is 20.7 Å². The first-order valence-corrected chi connectivity index (χ1v) is 8.53. The highest BCUT2D eigenvalue weighted by Gasteiger charge is 2.39. The average molecular weight is 389 g/mol. The summed E-state index contributed by atoms with van der Waals surface area (Å²) < 4.78 is 54.0. The SMILES string of the molecule is C[C@@H](NC(=O)C1CC(=O)NC(C2CC2)N1)c1ccc(OC(F)(F)F)c(F)c1. The molecule has 2 amide bonds. The normalized spacial score (nSPS) is 24.1. The van der Waals surface area contributed by atoms with Crippen LogP contribution in [0.5, 0.6) is 5.75 Å². The molecule has 0 aromatic heterocycles. The number of hydrogen-bond donors (Lipinski definition) is 3. The number of carbonyl (C=O) groups is 2. The molecule has 1 heterocycles. The van der Waals surface area contributed by atoms with E-state index >= 15 is 0 Å². The van der Waals surface area contributed by atoms with E-state index in [-0.39, 0.29) is 24.1 Å². The molecule has 148 valence electrons. The van der Waals surface area contributed by atoms with Gasteiger partial charge in [0.1, 0.15) is 0 Å². The van der Waals surface area contributed by atoms with Crippen molar-refractivity contribution in [1.82, 2.24) is 16.0 Å². The van der Waals surface area contributed by atoms with Gasteiger partial charge in [-0.15, -0.1) is 13.2 Å². The van der Waals surface area contributed by atoms with Crippen LogP contribution >= 0.6 is 0 Å². The Hall–Kier alpha value is -2.36. The van der Waals surface area contributed by atoms with Crippen LogP contribution in [-0.4, -0.2) is 30.4 Å². The lowest BCUT2D eigenvalue weighted by atomic mass is 10.0. The smallest absolute Gasteiger partial charge is 0.403 e. The molecular weight excluding hydrogens is 370 g/mol. The van der Waals surface area contributed by atoms with E-state index in [1.165, 1.54) is 6.07 Å². The first-order chi connectivity index (χ1) is 12.6.